The molecule has 1 unspecified atom stereocenters. The maximum Gasteiger partial charge on any atom is 0.192 e. The summed E-state index contributed by atoms with van der Waals surface area (Å²) in [5, 5.41) is 0. The van der Waals surface area contributed by atoms with Crippen molar-refractivity contribution in [2.24, 2.45) is 0 Å². The largest absolute Gasteiger partial charge is 0.299 e. The van der Waals surface area contributed by atoms with Gasteiger partial charge in [-0.15, -0.1) is 0 Å². The SMILES string of the molecule is CC(=O)C(C)c1cccc(C(=O)C2=CCCC=C2)c1. The van der Waals surface area contributed by atoms with Crippen molar-refractivity contribution in [1.82, 2.24) is 0 Å². The van der Waals surface area contributed by atoms with Crippen LogP contribution in [-0.2, 0) is 4.79 Å². The molecule has 1 aliphatic carbocycles. The molecule has 1 aromatic carbocycles. The molecular formula is C17H18O2. The van der Waals surface area contributed by atoms with E-state index < -0.39 is 0 Å². The normalized spacial score (nSPS) is 15.8. The van der Waals surface area contributed by atoms with Gasteiger partial charge in [0.1, 0.15) is 5.78 Å². The first-order valence-corrected chi connectivity index (χ1v) is 6.61. The lowest BCUT2D eigenvalue weighted by Gasteiger charge is -2.11. The molecule has 98 valence electrons. The number of hydrogen-bond donors (Lipinski definition) is 0. The van der Waals surface area contributed by atoms with Gasteiger partial charge in [0.25, 0.3) is 0 Å². The van der Waals surface area contributed by atoms with Crippen molar-refractivity contribution >= 4 is 11.6 Å². The van der Waals surface area contributed by atoms with Gasteiger partial charge in [-0.1, -0.05) is 43.4 Å². The molecule has 0 aromatic heterocycles. The first kappa shape index (κ1) is 13.5. The number of benzene rings is 1. The molecule has 0 saturated heterocycles. The lowest BCUT2D eigenvalue weighted by Crippen LogP contribution is -2.07. The van der Waals surface area contributed by atoms with E-state index in [-0.39, 0.29) is 17.5 Å². The molecule has 2 rings (SSSR count). The van der Waals surface area contributed by atoms with Gasteiger partial charge in [0.15, 0.2) is 5.78 Å². The number of hydrogen-bond acceptors (Lipinski definition) is 2. The fraction of sp³-hybridized carbons (Fsp3) is 0.294. The van der Waals surface area contributed by atoms with Gasteiger partial charge in [0.2, 0.25) is 0 Å². The minimum Gasteiger partial charge on any atom is -0.299 e. The van der Waals surface area contributed by atoms with Crippen molar-refractivity contribution in [2.45, 2.75) is 32.6 Å². The molecule has 19 heavy (non-hydrogen) atoms. The second kappa shape index (κ2) is 5.79. The van der Waals surface area contributed by atoms with E-state index >= 15 is 0 Å². The highest BCUT2D eigenvalue weighted by Crippen LogP contribution is 2.21. The Morgan fingerprint density at radius 2 is 2.00 bits per heavy atom. The van der Waals surface area contributed by atoms with E-state index in [4.69, 9.17) is 0 Å². The Hall–Kier alpha value is -1.96. The zero-order chi connectivity index (χ0) is 13.8. The van der Waals surface area contributed by atoms with Gasteiger partial charge in [0, 0.05) is 17.1 Å². The summed E-state index contributed by atoms with van der Waals surface area (Å²) in [6.07, 6.45) is 7.80. The van der Waals surface area contributed by atoms with E-state index in [0.717, 1.165) is 24.0 Å². The fourth-order valence-electron chi connectivity index (χ4n) is 2.13. The van der Waals surface area contributed by atoms with Crippen LogP contribution in [-0.4, -0.2) is 11.6 Å². The maximum absolute atomic E-state index is 12.3. The van der Waals surface area contributed by atoms with Crippen LogP contribution in [0.2, 0.25) is 0 Å². The third-order valence-corrected chi connectivity index (χ3v) is 3.52. The smallest absolute Gasteiger partial charge is 0.192 e. The summed E-state index contributed by atoms with van der Waals surface area (Å²) in [5.41, 5.74) is 2.31. The standard InChI is InChI=1S/C17H18O2/c1-12(13(2)18)15-9-6-10-16(11-15)17(19)14-7-4-3-5-8-14/h4,6-12H,3,5H2,1-2H3. The van der Waals surface area contributed by atoms with Crippen molar-refractivity contribution in [1.29, 1.82) is 0 Å². The molecule has 0 amide bonds. The molecule has 2 nitrogen and oxygen atoms in total. The summed E-state index contributed by atoms with van der Waals surface area (Å²) in [6, 6.07) is 7.38. The average Bonchev–Trinajstić information content (AvgIpc) is 2.46. The van der Waals surface area contributed by atoms with E-state index in [1.165, 1.54) is 0 Å². The highest BCUT2D eigenvalue weighted by atomic mass is 16.1. The monoisotopic (exact) mass is 254 g/mol. The first-order valence-electron chi connectivity index (χ1n) is 6.61. The number of allylic oxidation sites excluding steroid dienone is 4. The van der Waals surface area contributed by atoms with Crippen molar-refractivity contribution in [3.05, 3.63) is 59.2 Å². The minimum atomic E-state index is -0.163. The van der Waals surface area contributed by atoms with Gasteiger partial charge in [-0.2, -0.15) is 0 Å². The second-order valence-electron chi connectivity index (χ2n) is 4.93. The molecular weight excluding hydrogens is 236 g/mol. The molecule has 0 aliphatic heterocycles. The molecule has 0 fully saturated rings. The minimum absolute atomic E-state index is 0.0357. The number of carbonyl (C=O) groups excluding carboxylic acids is 2. The predicted octanol–water partition coefficient (Wildman–Crippen LogP) is 3.84. The average molecular weight is 254 g/mol. The van der Waals surface area contributed by atoms with Gasteiger partial charge in [-0.25, -0.2) is 0 Å². The molecule has 0 radical (unpaired) electrons. The van der Waals surface area contributed by atoms with E-state index in [9.17, 15) is 9.59 Å². The van der Waals surface area contributed by atoms with E-state index in [1.807, 2.05) is 49.4 Å². The predicted molar refractivity (Wildman–Crippen MR) is 76.3 cm³/mol. The van der Waals surface area contributed by atoms with Crippen LogP contribution in [0.5, 0.6) is 0 Å². The number of rotatable bonds is 4. The van der Waals surface area contributed by atoms with Crippen molar-refractivity contribution < 1.29 is 9.59 Å². The van der Waals surface area contributed by atoms with Crippen molar-refractivity contribution in [3.8, 4) is 0 Å². The quantitative estimate of drug-likeness (QED) is 0.765. The Morgan fingerprint density at radius 3 is 2.63 bits per heavy atom. The summed E-state index contributed by atoms with van der Waals surface area (Å²) in [5.74, 6) is -0.0152. The Bertz CT molecular complexity index is 564. The molecule has 0 spiro atoms. The summed E-state index contributed by atoms with van der Waals surface area (Å²) in [6.45, 7) is 3.44. The van der Waals surface area contributed by atoms with Crippen LogP contribution in [0.4, 0.5) is 0 Å². The molecule has 0 saturated carbocycles. The van der Waals surface area contributed by atoms with Crippen molar-refractivity contribution in [2.75, 3.05) is 0 Å². The fourth-order valence-corrected chi connectivity index (χ4v) is 2.13. The van der Waals surface area contributed by atoms with E-state index in [2.05, 4.69) is 0 Å². The van der Waals surface area contributed by atoms with Crippen molar-refractivity contribution in [3.63, 3.8) is 0 Å². The van der Waals surface area contributed by atoms with Crippen LogP contribution in [0.25, 0.3) is 0 Å². The van der Waals surface area contributed by atoms with Crippen LogP contribution in [0.1, 0.15) is 48.5 Å². The molecule has 1 atom stereocenters. The molecule has 1 aromatic rings. The second-order valence-corrected chi connectivity index (χ2v) is 4.93. The number of Topliss-reactive ketones (excluding diaryl/α,β-unsaturated/α-hetero) is 2. The van der Waals surface area contributed by atoms with Gasteiger partial charge in [-0.05, 0) is 31.4 Å². The maximum atomic E-state index is 12.3. The van der Waals surface area contributed by atoms with Crippen LogP contribution < -0.4 is 0 Å². The molecule has 1 aliphatic rings. The third-order valence-electron chi connectivity index (χ3n) is 3.52. The first-order chi connectivity index (χ1) is 9.09. The zero-order valence-electron chi connectivity index (χ0n) is 11.3. The summed E-state index contributed by atoms with van der Waals surface area (Å²) >= 11 is 0. The molecule has 2 heteroatoms. The summed E-state index contributed by atoms with van der Waals surface area (Å²) in [4.78, 5) is 23.8. The van der Waals surface area contributed by atoms with Crippen LogP contribution in [0, 0.1) is 0 Å². The number of ketones is 2. The number of carbonyl (C=O) groups is 2. The van der Waals surface area contributed by atoms with Gasteiger partial charge >= 0.3 is 0 Å². The Balaban J connectivity index is 2.28. The van der Waals surface area contributed by atoms with Gasteiger partial charge in [-0.3, -0.25) is 9.59 Å². The van der Waals surface area contributed by atoms with Gasteiger partial charge < -0.3 is 0 Å². The summed E-state index contributed by atoms with van der Waals surface area (Å²) in [7, 11) is 0. The topological polar surface area (TPSA) is 34.1 Å². The molecule has 0 N–H and O–H groups in total. The zero-order valence-corrected chi connectivity index (χ0v) is 11.3. The Labute approximate surface area is 113 Å². The highest BCUT2D eigenvalue weighted by Gasteiger charge is 2.15. The molecule has 0 heterocycles. The third kappa shape index (κ3) is 3.08. The van der Waals surface area contributed by atoms with Crippen LogP contribution >= 0.6 is 0 Å². The summed E-state index contributed by atoms with van der Waals surface area (Å²) < 4.78 is 0. The van der Waals surface area contributed by atoms with Gasteiger partial charge in [0.05, 0.1) is 0 Å². The molecule has 0 bridgehead atoms. The lowest BCUT2D eigenvalue weighted by atomic mass is 9.92. The Kier molecular flexibility index (Phi) is 4.10. The van der Waals surface area contributed by atoms with Crippen LogP contribution in [0.3, 0.4) is 0 Å². The lowest BCUT2D eigenvalue weighted by molar-refractivity contribution is -0.118. The van der Waals surface area contributed by atoms with E-state index in [0.29, 0.717) is 5.56 Å². The van der Waals surface area contributed by atoms with E-state index in [1.54, 1.807) is 6.92 Å². The highest BCUT2D eigenvalue weighted by molar-refractivity contribution is 6.10. The van der Waals surface area contributed by atoms with Crippen LogP contribution in [0.15, 0.2) is 48.1 Å². The Morgan fingerprint density at radius 1 is 1.21 bits per heavy atom.